The molecule has 1 rings (SSSR count). The second kappa shape index (κ2) is 2.81. The maximum atomic E-state index is 11.2. The molecular weight excluding hydrogens is 158 g/mol. The number of hydrogen-bond acceptors (Lipinski definition) is 3. The van der Waals surface area contributed by atoms with E-state index < -0.39 is 5.97 Å². The Labute approximate surface area is 70.6 Å². The van der Waals surface area contributed by atoms with E-state index in [1.54, 1.807) is 6.92 Å². The highest BCUT2D eigenvalue weighted by atomic mass is 16.4. The number of carboxylic acid groups (broad SMARTS) is 1. The number of nitrogens with zero attached hydrogens (tertiary/aromatic N) is 1. The number of carbonyl (C=O) groups is 1. The fourth-order valence-corrected chi connectivity index (χ4v) is 0.989. The van der Waals surface area contributed by atoms with Gasteiger partial charge in [0.2, 0.25) is 0 Å². The van der Waals surface area contributed by atoms with Gasteiger partial charge in [-0.25, -0.2) is 4.79 Å². The molecule has 4 nitrogen and oxygen atoms in total. The summed E-state index contributed by atoms with van der Waals surface area (Å²) in [4.78, 5) is 22.1. The minimum Gasteiger partial charge on any atom is -0.478 e. The molecule has 0 saturated carbocycles. The van der Waals surface area contributed by atoms with Crippen LogP contribution in [-0.4, -0.2) is 15.6 Å². The molecular formula is C8H9NO3. The minimum atomic E-state index is -0.765. The van der Waals surface area contributed by atoms with E-state index in [0.29, 0.717) is 5.56 Å². The third-order valence-corrected chi connectivity index (χ3v) is 1.60. The molecule has 0 aliphatic heterocycles. The summed E-state index contributed by atoms with van der Waals surface area (Å²) in [6, 6.07) is 1.40. The minimum absolute atomic E-state index is 0.165. The lowest BCUT2D eigenvalue weighted by atomic mass is 10.2. The predicted octanol–water partition coefficient (Wildman–Crippen LogP) is 0.392. The van der Waals surface area contributed by atoms with Crippen molar-refractivity contribution in [2.75, 3.05) is 0 Å². The Balaban J connectivity index is 3.29. The third kappa shape index (κ3) is 1.37. The van der Waals surface area contributed by atoms with Gasteiger partial charge in [-0.3, -0.25) is 4.79 Å². The molecule has 1 aromatic heterocycles. The van der Waals surface area contributed by atoms with Gasteiger partial charge in [-0.15, -0.1) is 0 Å². The van der Waals surface area contributed by atoms with Crippen LogP contribution < -0.4 is 5.56 Å². The Kier molecular flexibility index (Phi) is 1.66. The Hall–Kier alpha value is -1.58. The van der Waals surface area contributed by atoms with E-state index in [4.69, 9.17) is 1.43 Å². The number of aryl methyl sites for hydroxylation is 2. The molecule has 0 aliphatic rings. The van der Waals surface area contributed by atoms with Gasteiger partial charge in [0.05, 0.1) is 5.56 Å². The van der Waals surface area contributed by atoms with Gasteiger partial charge in [0.15, 0.2) is 0 Å². The summed E-state index contributed by atoms with van der Waals surface area (Å²) in [7, 11) is 1.54. The van der Waals surface area contributed by atoms with Crippen LogP contribution in [0.4, 0.5) is 0 Å². The molecule has 0 aromatic carbocycles. The molecule has 0 fully saturated rings. The summed E-state index contributed by atoms with van der Waals surface area (Å²) in [5.41, 5.74) is 0.488. The second-order valence-electron chi connectivity index (χ2n) is 2.62. The van der Waals surface area contributed by atoms with E-state index in [1.165, 1.54) is 23.9 Å². The zero-order valence-corrected chi connectivity index (χ0v) is 6.83. The molecule has 1 aromatic rings. The van der Waals surface area contributed by atoms with Crippen molar-refractivity contribution in [1.82, 2.24) is 4.57 Å². The first-order valence-electron chi connectivity index (χ1n) is 3.82. The number of aromatic nitrogens is 1. The molecule has 64 valence electrons. The molecule has 0 aliphatic carbocycles. The quantitative estimate of drug-likeness (QED) is 0.660. The van der Waals surface area contributed by atoms with Crippen molar-refractivity contribution >= 4 is 5.97 Å². The number of aromatic carboxylic acids is 1. The molecule has 0 saturated heterocycles. The van der Waals surface area contributed by atoms with Crippen LogP contribution in [0.1, 0.15) is 15.9 Å². The van der Waals surface area contributed by atoms with Crippen LogP contribution in [0.15, 0.2) is 17.1 Å². The number of pyridine rings is 1. The molecule has 0 radical (unpaired) electrons. The van der Waals surface area contributed by atoms with E-state index >= 15 is 0 Å². The smallest absolute Gasteiger partial charge is 0.337 e. The molecule has 0 unspecified atom stereocenters. The maximum Gasteiger partial charge on any atom is 0.337 e. The van der Waals surface area contributed by atoms with Crippen molar-refractivity contribution < 1.29 is 9.90 Å². The van der Waals surface area contributed by atoms with Crippen LogP contribution in [0.5, 0.6) is 0 Å². The molecule has 0 atom stereocenters. The van der Waals surface area contributed by atoms with Crippen LogP contribution in [-0.2, 0) is 7.05 Å². The van der Waals surface area contributed by atoms with Gasteiger partial charge >= 0.3 is 5.97 Å². The normalized spacial score (nSPS) is 10.7. The Morgan fingerprint density at radius 2 is 2.42 bits per heavy atom. The van der Waals surface area contributed by atoms with Crippen molar-refractivity contribution in [2.45, 2.75) is 6.92 Å². The SMILES string of the molecule is [2H]OC(=O)c1cc(C)c(=O)n(C)c1. The Bertz CT molecular complexity index is 371. The second-order valence-corrected chi connectivity index (χ2v) is 2.62. The van der Waals surface area contributed by atoms with Crippen molar-refractivity contribution in [3.05, 3.63) is 33.7 Å². The first-order chi connectivity index (χ1) is 6.06. The Morgan fingerprint density at radius 3 is 2.92 bits per heavy atom. The zero-order valence-electron chi connectivity index (χ0n) is 7.83. The lowest BCUT2D eigenvalue weighted by Crippen LogP contribution is -2.20. The van der Waals surface area contributed by atoms with E-state index in [-0.39, 0.29) is 11.1 Å². The number of rotatable bonds is 1. The lowest BCUT2D eigenvalue weighted by molar-refractivity contribution is 0.0696. The number of carboxylic acids is 1. The summed E-state index contributed by atoms with van der Waals surface area (Å²) in [5.74, 6) is -0.765. The summed E-state index contributed by atoms with van der Waals surface area (Å²) < 4.78 is 7.68. The monoisotopic (exact) mass is 168 g/mol. The van der Waals surface area contributed by atoms with Crippen LogP contribution in [0.2, 0.25) is 0 Å². The number of hydrogen-bond donors (Lipinski definition) is 1. The van der Waals surface area contributed by atoms with Gasteiger partial charge in [-0.1, -0.05) is 0 Å². The molecule has 0 spiro atoms. The third-order valence-electron chi connectivity index (χ3n) is 1.60. The first-order valence-corrected chi connectivity index (χ1v) is 3.41. The highest BCUT2D eigenvalue weighted by Gasteiger charge is 2.05. The van der Waals surface area contributed by atoms with Crippen LogP contribution >= 0.6 is 0 Å². The molecule has 1 heterocycles. The van der Waals surface area contributed by atoms with E-state index in [2.05, 4.69) is 5.11 Å². The summed E-state index contributed by atoms with van der Waals surface area (Å²) in [6.45, 7) is 1.60. The highest BCUT2D eigenvalue weighted by molar-refractivity contribution is 5.87. The molecule has 12 heavy (non-hydrogen) atoms. The van der Waals surface area contributed by atoms with Crippen LogP contribution in [0.25, 0.3) is 1.43 Å². The van der Waals surface area contributed by atoms with Gasteiger partial charge < -0.3 is 9.68 Å². The average molecular weight is 168 g/mol. The maximum absolute atomic E-state index is 11.2. The molecule has 0 bridgehead atoms. The summed E-state index contributed by atoms with van der Waals surface area (Å²) >= 11 is 0. The van der Waals surface area contributed by atoms with E-state index in [9.17, 15) is 9.59 Å². The fourth-order valence-electron chi connectivity index (χ4n) is 0.989. The van der Waals surface area contributed by atoms with Crippen LogP contribution in [0.3, 0.4) is 0 Å². The van der Waals surface area contributed by atoms with Gasteiger partial charge in [0.1, 0.15) is 0 Å². The van der Waals surface area contributed by atoms with Crippen molar-refractivity contribution in [2.24, 2.45) is 7.05 Å². The zero-order chi connectivity index (χ0) is 10.0. The molecule has 1 N–H and O–H groups in total. The van der Waals surface area contributed by atoms with E-state index in [0.717, 1.165) is 0 Å². The topological polar surface area (TPSA) is 59.3 Å². The highest BCUT2D eigenvalue weighted by Crippen LogP contribution is 1.98. The van der Waals surface area contributed by atoms with E-state index in [1.807, 2.05) is 0 Å². The largest absolute Gasteiger partial charge is 0.478 e. The average Bonchev–Trinajstić information content (AvgIpc) is 2.12. The van der Waals surface area contributed by atoms with Crippen molar-refractivity contribution in [3.8, 4) is 0 Å². The van der Waals surface area contributed by atoms with Crippen molar-refractivity contribution in [3.63, 3.8) is 0 Å². The summed E-state index contributed by atoms with van der Waals surface area (Å²) in [6.07, 6.45) is 1.34. The van der Waals surface area contributed by atoms with Gasteiger partial charge in [0.25, 0.3) is 6.99 Å². The van der Waals surface area contributed by atoms with Gasteiger partial charge in [0, 0.05) is 18.8 Å². The van der Waals surface area contributed by atoms with Crippen molar-refractivity contribution in [1.29, 1.82) is 1.43 Å². The molecule has 4 heteroatoms. The molecule has 0 amide bonds. The fraction of sp³-hybridized carbons (Fsp3) is 0.250. The predicted molar refractivity (Wildman–Crippen MR) is 43.4 cm³/mol. The first kappa shape index (κ1) is 7.09. The summed E-state index contributed by atoms with van der Waals surface area (Å²) in [5, 5.41) is 3.78. The standard InChI is InChI=1S/C8H9NO3/c1-5-3-6(8(11)12)4-9(2)7(5)10/h3-4H,1-2H3,(H,11,12)/i/hD. The lowest BCUT2D eigenvalue weighted by Gasteiger charge is -2.00. The Morgan fingerprint density at radius 1 is 1.75 bits per heavy atom. The van der Waals surface area contributed by atoms with Gasteiger partial charge in [-0.2, -0.15) is 0 Å². The van der Waals surface area contributed by atoms with Crippen LogP contribution in [0, 0.1) is 6.92 Å². The van der Waals surface area contributed by atoms with Gasteiger partial charge in [-0.05, 0) is 13.0 Å².